The summed E-state index contributed by atoms with van der Waals surface area (Å²) in [7, 11) is 1.70. The summed E-state index contributed by atoms with van der Waals surface area (Å²) in [6.45, 7) is 5.94. The standard InChI is InChI=1S/C17H25FN6O/c1-4-14(25-15-8-6-7-13(18)9-15)10-20-17(19-3)21-11-16-23-22-12-24(16)5-2/h6-9,12,14H,4-5,10-11H2,1-3H3,(H2,19,20,21). The molecule has 2 rings (SSSR count). The molecule has 2 N–H and O–H groups in total. The lowest BCUT2D eigenvalue weighted by Gasteiger charge is -2.20. The number of nitrogens with zero attached hydrogens (tertiary/aromatic N) is 4. The van der Waals surface area contributed by atoms with Crippen LogP contribution < -0.4 is 15.4 Å². The molecule has 0 spiro atoms. The Kier molecular flexibility index (Phi) is 7.18. The second kappa shape index (κ2) is 9.61. The van der Waals surface area contributed by atoms with Gasteiger partial charge in [0.05, 0.1) is 13.1 Å². The van der Waals surface area contributed by atoms with E-state index in [1.54, 1.807) is 25.5 Å². The maximum Gasteiger partial charge on any atom is 0.191 e. The number of hydrogen-bond acceptors (Lipinski definition) is 4. The minimum absolute atomic E-state index is 0.0976. The van der Waals surface area contributed by atoms with Crippen LogP contribution in [0.4, 0.5) is 4.39 Å². The molecule has 136 valence electrons. The van der Waals surface area contributed by atoms with E-state index in [0.29, 0.717) is 24.8 Å². The summed E-state index contributed by atoms with van der Waals surface area (Å²) < 4.78 is 21.0. The molecular weight excluding hydrogens is 323 g/mol. The second-order valence-corrected chi connectivity index (χ2v) is 5.45. The summed E-state index contributed by atoms with van der Waals surface area (Å²) in [6.07, 6.45) is 2.39. The molecule has 0 radical (unpaired) electrons. The number of aromatic nitrogens is 3. The van der Waals surface area contributed by atoms with Gasteiger partial charge in [-0.1, -0.05) is 13.0 Å². The molecule has 0 saturated heterocycles. The van der Waals surface area contributed by atoms with E-state index in [1.807, 2.05) is 18.4 Å². The monoisotopic (exact) mass is 348 g/mol. The first-order chi connectivity index (χ1) is 12.2. The SMILES string of the molecule is CCC(CNC(=NC)NCc1nncn1CC)Oc1cccc(F)c1. The first kappa shape index (κ1) is 18.7. The highest BCUT2D eigenvalue weighted by Crippen LogP contribution is 2.14. The van der Waals surface area contributed by atoms with E-state index >= 15 is 0 Å². The van der Waals surface area contributed by atoms with Gasteiger partial charge in [-0.2, -0.15) is 0 Å². The van der Waals surface area contributed by atoms with E-state index in [0.717, 1.165) is 18.8 Å². The van der Waals surface area contributed by atoms with Crippen molar-refractivity contribution in [3.8, 4) is 5.75 Å². The van der Waals surface area contributed by atoms with Crippen molar-refractivity contribution in [2.45, 2.75) is 39.5 Å². The fourth-order valence-electron chi connectivity index (χ4n) is 2.28. The molecule has 25 heavy (non-hydrogen) atoms. The third kappa shape index (κ3) is 5.74. The fourth-order valence-corrected chi connectivity index (χ4v) is 2.28. The Morgan fingerprint density at radius 2 is 2.20 bits per heavy atom. The van der Waals surface area contributed by atoms with Gasteiger partial charge in [-0.25, -0.2) is 4.39 Å². The number of halogens is 1. The van der Waals surface area contributed by atoms with E-state index in [9.17, 15) is 4.39 Å². The maximum atomic E-state index is 13.2. The lowest BCUT2D eigenvalue weighted by atomic mass is 10.2. The molecule has 0 bridgehead atoms. The van der Waals surface area contributed by atoms with Crippen LogP contribution in [-0.4, -0.2) is 40.4 Å². The van der Waals surface area contributed by atoms with Crippen LogP contribution in [0.5, 0.6) is 5.75 Å². The Bertz CT molecular complexity index is 687. The quantitative estimate of drug-likeness (QED) is 0.563. The Morgan fingerprint density at radius 3 is 2.88 bits per heavy atom. The molecule has 2 aromatic rings. The zero-order chi connectivity index (χ0) is 18.1. The van der Waals surface area contributed by atoms with Crippen LogP contribution >= 0.6 is 0 Å². The maximum absolute atomic E-state index is 13.2. The topological polar surface area (TPSA) is 76.4 Å². The first-order valence-corrected chi connectivity index (χ1v) is 8.39. The number of aryl methyl sites for hydroxylation is 1. The number of benzene rings is 1. The van der Waals surface area contributed by atoms with E-state index < -0.39 is 0 Å². The molecule has 0 fully saturated rings. The zero-order valence-electron chi connectivity index (χ0n) is 14.9. The highest BCUT2D eigenvalue weighted by molar-refractivity contribution is 5.79. The fraction of sp³-hybridized carbons (Fsp3) is 0.471. The smallest absolute Gasteiger partial charge is 0.191 e. The van der Waals surface area contributed by atoms with Crippen LogP contribution in [0.1, 0.15) is 26.1 Å². The van der Waals surface area contributed by atoms with E-state index in [-0.39, 0.29) is 11.9 Å². The summed E-state index contributed by atoms with van der Waals surface area (Å²) in [5.74, 6) is 1.70. The molecule has 0 amide bonds. The van der Waals surface area contributed by atoms with Crippen LogP contribution in [0.15, 0.2) is 35.6 Å². The molecule has 0 aliphatic rings. The molecular formula is C17H25FN6O. The summed E-state index contributed by atoms with van der Waals surface area (Å²) in [5, 5.41) is 14.4. The Labute approximate surface area is 147 Å². The first-order valence-electron chi connectivity index (χ1n) is 8.39. The van der Waals surface area contributed by atoms with Crippen molar-refractivity contribution in [2.75, 3.05) is 13.6 Å². The molecule has 0 aliphatic heterocycles. The van der Waals surface area contributed by atoms with Crippen molar-refractivity contribution in [1.29, 1.82) is 0 Å². The van der Waals surface area contributed by atoms with E-state index in [2.05, 4.69) is 25.8 Å². The minimum Gasteiger partial charge on any atom is -0.489 e. The summed E-state index contributed by atoms with van der Waals surface area (Å²) >= 11 is 0. The summed E-state index contributed by atoms with van der Waals surface area (Å²) in [5.41, 5.74) is 0. The molecule has 1 unspecified atom stereocenters. The van der Waals surface area contributed by atoms with Crippen LogP contribution in [0, 0.1) is 5.82 Å². The van der Waals surface area contributed by atoms with Crippen molar-refractivity contribution in [2.24, 2.45) is 4.99 Å². The van der Waals surface area contributed by atoms with Gasteiger partial charge in [-0.15, -0.1) is 10.2 Å². The average Bonchev–Trinajstić information content (AvgIpc) is 3.08. The van der Waals surface area contributed by atoms with Crippen molar-refractivity contribution in [1.82, 2.24) is 25.4 Å². The summed E-state index contributed by atoms with van der Waals surface area (Å²) in [4.78, 5) is 4.19. The van der Waals surface area contributed by atoms with Gasteiger partial charge < -0.3 is 19.9 Å². The van der Waals surface area contributed by atoms with Gasteiger partial charge in [0.25, 0.3) is 0 Å². The van der Waals surface area contributed by atoms with Crippen molar-refractivity contribution < 1.29 is 9.13 Å². The average molecular weight is 348 g/mol. The largest absolute Gasteiger partial charge is 0.489 e. The molecule has 1 atom stereocenters. The van der Waals surface area contributed by atoms with E-state index in [1.165, 1.54) is 12.1 Å². The van der Waals surface area contributed by atoms with Gasteiger partial charge in [0, 0.05) is 19.7 Å². The van der Waals surface area contributed by atoms with E-state index in [4.69, 9.17) is 4.74 Å². The van der Waals surface area contributed by atoms with Gasteiger partial charge in [-0.3, -0.25) is 4.99 Å². The van der Waals surface area contributed by atoms with Crippen LogP contribution in [0.3, 0.4) is 0 Å². The van der Waals surface area contributed by atoms with Gasteiger partial charge >= 0.3 is 0 Å². The number of hydrogen-bond donors (Lipinski definition) is 2. The van der Waals surface area contributed by atoms with Crippen LogP contribution in [-0.2, 0) is 13.1 Å². The lowest BCUT2D eigenvalue weighted by Crippen LogP contribution is -2.42. The molecule has 0 aliphatic carbocycles. The number of guanidine groups is 1. The van der Waals surface area contributed by atoms with Gasteiger partial charge in [0.1, 0.15) is 24.0 Å². The van der Waals surface area contributed by atoms with Gasteiger partial charge in [0.2, 0.25) is 0 Å². The van der Waals surface area contributed by atoms with Crippen molar-refractivity contribution in [3.63, 3.8) is 0 Å². The predicted molar refractivity (Wildman–Crippen MR) is 95.0 cm³/mol. The Hall–Kier alpha value is -2.64. The number of rotatable bonds is 8. The lowest BCUT2D eigenvalue weighted by molar-refractivity contribution is 0.198. The van der Waals surface area contributed by atoms with Crippen LogP contribution in [0.2, 0.25) is 0 Å². The molecule has 1 heterocycles. The molecule has 0 saturated carbocycles. The zero-order valence-corrected chi connectivity index (χ0v) is 14.9. The third-order valence-electron chi connectivity index (χ3n) is 3.73. The summed E-state index contributed by atoms with van der Waals surface area (Å²) in [6, 6.07) is 6.16. The second-order valence-electron chi connectivity index (χ2n) is 5.45. The van der Waals surface area contributed by atoms with Crippen LogP contribution in [0.25, 0.3) is 0 Å². The number of ether oxygens (including phenoxy) is 1. The molecule has 7 nitrogen and oxygen atoms in total. The Morgan fingerprint density at radius 1 is 1.36 bits per heavy atom. The van der Waals surface area contributed by atoms with Crippen molar-refractivity contribution in [3.05, 3.63) is 42.2 Å². The minimum atomic E-state index is -0.308. The predicted octanol–water partition coefficient (Wildman–Crippen LogP) is 1.96. The molecule has 1 aromatic heterocycles. The molecule has 8 heteroatoms. The Balaban J connectivity index is 1.84. The van der Waals surface area contributed by atoms with Crippen molar-refractivity contribution >= 4 is 5.96 Å². The highest BCUT2D eigenvalue weighted by atomic mass is 19.1. The molecule has 1 aromatic carbocycles. The van der Waals surface area contributed by atoms with Gasteiger partial charge in [-0.05, 0) is 25.5 Å². The number of nitrogens with one attached hydrogen (secondary N) is 2. The third-order valence-corrected chi connectivity index (χ3v) is 3.73. The van der Waals surface area contributed by atoms with Gasteiger partial charge in [0.15, 0.2) is 11.8 Å². The normalized spacial score (nSPS) is 12.7. The number of aliphatic imine (C=N–C) groups is 1. The highest BCUT2D eigenvalue weighted by Gasteiger charge is 2.10.